The molecule has 0 atom stereocenters. The van der Waals surface area contributed by atoms with E-state index >= 15 is 0 Å². The normalized spacial score (nSPS) is 16.2. The van der Waals surface area contributed by atoms with Gasteiger partial charge in [-0.15, -0.1) is 0 Å². The molecule has 0 radical (unpaired) electrons. The summed E-state index contributed by atoms with van der Waals surface area (Å²) in [7, 11) is 0. The molecule has 5 nitrogen and oxygen atoms in total. The molecule has 2 bridgehead atoms. The third-order valence-electron chi connectivity index (χ3n) is 7.68. The number of hydrogen-bond donors (Lipinski definition) is 0. The fourth-order valence-corrected chi connectivity index (χ4v) is 5.63. The number of fused-ring (bicyclic) bond motifs is 2. The van der Waals surface area contributed by atoms with E-state index < -0.39 is 17.6 Å². The van der Waals surface area contributed by atoms with Gasteiger partial charge >= 0.3 is 0 Å². The van der Waals surface area contributed by atoms with Crippen LogP contribution in [0, 0.1) is 0 Å². The summed E-state index contributed by atoms with van der Waals surface area (Å²) in [4.78, 5) is 30.9. The van der Waals surface area contributed by atoms with E-state index in [4.69, 9.17) is 9.47 Å². The molecule has 0 fully saturated rings. The summed E-state index contributed by atoms with van der Waals surface area (Å²) in [6.07, 6.45) is 0. The van der Waals surface area contributed by atoms with Crippen LogP contribution in [0.4, 0.5) is 0 Å². The number of carbonyl (C=O) groups is 2. The minimum absolute atomic E-state index is 0.159. The summed E-state index contributed by atoms with van der Waals surface area (Å²) in [6.45, 7) is -0.159. The first-order chi connectivity index (χ1) is 21.1. The molecule has 2 aliphatic heterocycles. The Morgan fingerprint density at radius 3 is 1.14 bits per heavy atom. The molecule has 208 valence electrons. The molecule has 2 heterocycles. The van der Waals surface area contributed by atoms with Crippen LogP contribution in [0.3, 0.4) is 0 Å². The first-order valence-corrected chi connectivity index (χ1v) is 14.1. The van der Waals surface area contributed by atoms with E-state index in [0.717, 1.165) is 0 Å². The average Bonchev–Trinajstić information content (AvgIpc) is 3.30. The van der Waals surface area contributed by atoms with Crippen LogP contribution in [-0.2, 0) is 24.8 Å². The molecule has 43 heavy (non-hydrogen) atoms. The Labute approximate surface area is 249 Å². The Morgan fingerprint density at radius 2 is 0.767 bits per heavy atom. The predicted molar refractivity (Wildman–Crippen MR) is 166 cm³/mol. The summed E-state index contributed by atoms with van der Waals surface area (Å²) in [5, 5.41) is 0. The zero-order valence-electron chi connectivity index (χ0n) is 23.2. The summed E-state index contributed by atoms with van der Waals surface area (Å²) in [5.74, 6) is -1.80. The second kappa shape index (κ2) is 11.0. The minimum atomic E-state index is -1.56. The molecular formula is C38H27NO4. The molecule has 5 aromatic rings. The van der Waals surface area contributed by atoms with Crippen molar-refractivity contribution in [3.05, 3.63) is 179 Å². The van der Waals surface area contributed by atoms with E-state index in [2.05, 4.69) is 0 Å². The third kappa shape index (κ3) is 4.71. The first-order valence-electron chi connectivity index (χ1n) is 14.1. The van der Waals surface area contributed by atoms with Crippen LogP contribution < -0.4 is 0 Å². The SMILES string of the molecule is O=C1C(c2ccccc2)=C(c2ccccc2)OC2(c3ccccc3)CN1C(=O)C(c1ccccc1)=C(c1ccccc1)O2. The molecule has 0 saturated heterocycles. The van der Waals surface area contributed by atoms with Crippen molar-refractivity contribution in [2.24, 2.45) is 0 Å². The zero-order chi connectivity index (χ0) is 29.2. The Hall–Kier alpha value is -5.68. The second-order valence-electron chi connectivity index (χ2n) is 10.4. The quantitative estimate of drug-likeness (QED) is 0.210. The predicted octanol–water partition coefficient (Wildman–Crippen LogP) is 7.39. The third-order valence-corrected chi connectivity index (χ3v) is 7.68. The number of carbonyl (C=O) groups excluding carboxylic acids is 2. The number of imide groups is 1. The smallest absolute Gasteiger partial charge is 0.296 e. The highest BCUT2D eigenvalue weighted by atomic mass is 16.7. The maximum atomic E-state index is 14.8. The van der Waals surface area contributed by atoms with Crippen LogP contribution in [-0.4, -0.2) is 23.3 Å². The fraction of sp³-hybridized carbons (Fsp3) is 0.0526. The maximum Gasteiger partial charge on any atom is 0.296 e. The largest absolute Gasteiger partial charge is 0.445 e. The highest BCUT2D eigenvalue weighted by molar-refractivity contribution is 6.37. The van der Waals surface area contributed by atoms with Crippen LogP contribution in [0.1, 0.15) is 27.8 Å². The van der Waals surface area contributed by atoms with Crippen molar-refractivity contribution in [1.29, 1.82) is 0 Å². The van der Waals surface area contributed by atoms with Gasteiger partial charge in [-0.2, -0.15) is 0 Å². The van der Waals surface area contributed by atoms with E-state index in [1.807, 2.05) is 152 Å². The van der Waals surface area contributed by atoms with E-state index in [-0.39, 0.29) is 17.7 Å². The lowest BCUT2D eigenvalue weighted by Gasteiger charge is -2.35. The van der Waals surface area contributed by atoms with Crippen molar-refractivity contribution in [3.8, 4) is 0 Å². The highest BCUT2D eigenvalue weighted by Gasteiger charge is 2.51. The molecule has 2 aliphatic rings. The molecule has 0 saturated carbocycles. The Kier molecular flexibility index (Phi) is 6.68. The number of hydrogen-bond acceptors (Lipinski definition) is 4. The lowest BCUT2D eigenvalue weighted by atomic mass is 9.97. The highest BCUT2D eigenvalue weighted by Crippen LogP contribution is 2.47. The number of nitrogens with zero attached hydrogens (tertiary/aromatic N) is 1. The fourth-order valence-electron chi connectivity index (χ4n) is 5.63. The van der Waals surface area contributed by atoms with Gasteiger partial charge in [-0.05, 0) is 11.1 Å². The second-order valence-corrected chi connectivity index (χ2v) is 10.4. The van der Waals surface area contributed by atoms with Crippen molar-refractivity contribution < 1.29 is 19.1 Å². The Balaban J connectivity index is 1.56. The summed E-state index contributed by atoms with van der Waals surface area (Å²) < 4.78 is 14.1. The van der Waals surface area contributed by atoms with Gasteiger partial charge in [0.05, 0.1) is 11.1 Å². The molecule has 0 N–H and O–H groups in total. The minimum Gasteiger partial charge on any atom is -0.445 e. The van der Waals surface area contributed by atoms with Gasteiger partial charge in [0.15, 0.2) is 0 Å². The Bertz CT molecular complexity index is 1730. The van der Waals surface area contributed by atoms with Gasteiger partial charge in [-0.3, -0.25) is 14.5 Å². The van der Waals surface area contributed by atoms with Crippen LogP contribution >= 0.6 is 0 Å². The lowest BCUT2D eigenvalue weighted by Crippen LogP contribution is -2.45. The molecule has 0 unspecified atom stereocenters. The number of amides is 2. The zero-order valence-corrected chi connectivity index (χ0v) is 23.2. The van der Waals surface area contributed by atoms with Gasteiger partial charge in [0.25, 0.3) is 17.6 Å². The van der Waals surface area contributed by atoms with Gasteiger partial charge in [-0.1, -0.05) is 152 Å². The summed E-state index contributed by atoms with van der Waals surface area (Å²) >= 11 is 0. The number of rotatable bonds is 5. The molecule has 0 spiro atoms. The van der Waals surface area contributed by atoms with Crippen LogP contribution in [0.2, 0.25) is 0 Å². The van der Waals surface area contributed by atoms with E-state index in [0.29, 0.717) is 39.3 Å². The van der Waals surface area contributed by atoms with Gasteiger partial charge in [-0.25, -0.2) is 0 Å². The average molecular weight is 562 g/mol. The van der Waals surface area contributed by atoms with E-state index in [1.165, 1.54) is 4.90 Å². The van der Waals surface area contributed by atoms with E-state index in [1.54, 1.807) is 0 Å². The van der Waals surface area contributed by atoms with E-state index in [9.17, 15) is 9.59 Å². The standard InChI is InChI=1S/C38H27NO4/c40-36-32(27-16-6-1-7-17-27)34(29-20-10-3-11-21-29)42-38(31-24-14-5-15-25-31)26-39(36)37(41)33(28-18-8-2-9-19-28)35(43-38)30-22-12-4-13-23-30/h1-25H,26H2. The molecule has 0 aromatic heterocycles. The molecule has 5 aromatic carbocycles. The van der Waals surface area contributed by atoms with Crippen molar-refractivity contribution in [2.75, 3.05) is 6.54 Å². The monoisotopic (exact) mass is 561 g/mol. The van der Waals surface area contributed by atoms with Crippen LogP contribution in [0.25, 0.3) is 22.7 Å². The Morgan fingerprint density at radius 1 is 0.442 bits per heavy atom. The van der Waals surface area contributed by atoms with Crippen molar-refractivity contribution in [3.63, 3.8) is 0 Å². The van der Waals surface area contributed by atoms with Crippen molar-refractivity contribution in [2.45, 2.75) is 5.79 Å². The van der Waals surface area contributed by atoms with Gasteiger partial charge in [0.1, 0.15) is 18.1 Å². The van der Waals surface area contributed by atoms with Gasteiger partial charge in [0, 0.05) is 16.7 Å². The van der Waals surface area contributed by atoms with Gasteiger partial charge < -0.3 is 9.47 Å². The molecule has 2 amide bonds. The summed E-state index contributed by atoms with van der Waals surface area (Å²) in [6, 6.07) is 47.2. The molecule has 7 rings (SSSR count). The lowest BCUT2D eigenvalue weighted by molar-refractivity contribution is -0.174. The van der Waals surface area contributed by atoms with Gasteiger partial charge in [0.2, 0.25) is 0 Å². The molecule has 0 aliphatic carbocycles. The van der Waals surface area contributed by atoms with Crippen LogP contribution in [0.15, 0.2) is 152 Å². The maximum absolute atomic E-state index is 14.8. The number of ether oxygens (including phenoxy) is 2. The van der Waals surface area contributed by atoms with Crippen molar-refractivity contribution >= 4 is 34.5 Å². The topological polar surface area (TPSA) is 55.8 Å². The molecular weight excluding hydrogens is 534 g/mol. The summed E-state index contributed by atoms with van der Waals surface area (Å²) in [5.41, 5.74) is 3.92. The van der Waals surface area contributed by atoms with Crippen LogP contribution in [0.5, 0.6) is 0 Å². The van der Waals surface area contributed by atoms with Crippen molar-refractivity contribution in [1.82, 2.24) is 4.90 Å². The molecule has 5 heteroatoms. The first kappa shape index (κ1) is 26.2. The number of benzene rings is 5.